The highest BCUT2D eigenvalue weighted by atomic mass is 19.4. The molecule has 1 unspecified atom stereocenters. The Morgan fingerprint density at radius 1 is 1.10 bits per heavy atom. The fraction of sp³-hybridized carbons (Fsp3) is 0.619. The second kappa shape index (κ2) is 10.9. The number of hydrogen-bond acceptors (Lipinski definition) is 5. The maximum Gasteiger partial charge on any atom is 0.407 e. The Morgan fingerprint density at radius 2 is 1.68 bits per heavy atom. The number of alkyl halides is 3. The van der Waals surface area contributed by atoms with E-state index in [1.54, 1.807) is 4.90 Å². The van der Waals surface area contributed by atoms with Crippen LogP contribution in [0.1, 0.15) is 42.2 Å². The van der Waals surface area contributed by atoms with E-state index in [0.29, 0.717) is 18.7 Å². The number of carbonyl (C=O) groups excluding carboxylic acids is 2. The Balaban J connectivity index is 2.20. The number of carbonyl (C=O) groups is 2. The highest BCUT2D eigenvalue weighted by Crippen LogP contribution is 2.34. The van der Waals surface area contributed by atoms with Crippen LogP contribution in [-0.4, -0.2) is 73.7 Å². The van der Waals surface area contributed by atoms with E-state index in [-0.39, 0.29) is 30.5 Å². The highest BCUT2D eigenvalue weighted by molar-refractivity contribution is 5.94. The van der Waals surface area contributed by atoms with Crippen molar-refractivity contribution in [1.82, 2.24) is 20.4 Å². The molecule has 0 aromatic heterocycles. The van der Waals surface area contributed by atoms with Gasteiger partial charge < -0.3 is 20.9 Å². The fourth-order valence-corrected chi connectivity index (χ4v) is 3.54. The van der Waals surface area contributed by atoms with Crippen LogP contribution in [0.4, 0.5) is 13.2 Å². The third-order valence-corrected chi connectivity index (χ3v) is 5.28. The summed E-state index contributed by atoms with van der Waals surface area (Å²) in [4.78, 5) is 28.7. The molecule has 1 fully saturated rings. The maximum atomic E-state index is 13.8. The van der Waals surface area contributed by atoms with Crippen molar-refractivity contribution in [3.8, 4) is 0 Å². The molecular weight excluding hydrogens is 411 g/mol. The van der Waals surface area contributed by atoms with Gasteiger partial charge in [0, 0.05) is 31.7 Å². The first kappa shape index (κ1) is 25.1. The van der Waals surface area contributed by atoms with Crippen LogP contribution in [0.5, 0.6) is 0 Å². The Bertz CT molecular complexity index is 732. The van der Waals surface area contributed by atoms with Crippen LogP contribution in [0.15, 0.2) is 24.3 Å². The summed E-state index contributed by atoms with van der Waals surface area (Å²) in [6.07, 6.45) is -4.40. The molecule has 0 aliphatic carbocycles. The molecule has 1 aromatic carbocycles. The topological polar surface area (TPSA) is 90.7 Å². The minimum absolute atomic E-state index is 0.00140. The van der Waals surface area contributed by atoms with E-state index in [0.717, 1.165) is 13.1 Å². The van der Waals surface area contributed by atoms with Crippen LogP contribution in [0.2, 0.25) is 0 Å². The second-order valence-electron chi connectivity index (χ2n) is 8.29. The molecule has 4 N–H and O–H groups in total. The number of hydrogen-bond donors (Lipinski definition) is 3. The quantitative estimate of drug-likeness (QED) is 0.533. The average Bonchev–Trinajstić information content (AvgIpc) is 2.70. The Kier molecular flexibility index (Phi) is 8.84. The Morgan fingerprint density at radius 3 is 2.16 bits per heavy atom. The smallest absolute Gasteiger partial charge is 0.342 e. The Hall–Kier alpha value is -2.17. The van der Waals surface area contributed by atoms with Crippen molar-refractivity contribution in [2.75, 3.05) is 39.9 Å². The van der Waals surface area contributed by atoms with E-state index >= 15 is 0 Å². The van der Waals surface area contributed by atoms with Crippen LogP contribution < -0.4 is 16.4 Å². The van der Waals surface area contributed by atoms with Crippen molar-refractivity contribution in [3.63, 3.8) is 0 Å². The van der Waals surface area contributed by atoms with E-state index in [1.165, 1.54) is 24.3 Å². The van der Waals surface area contributed by atoms with Gasteiger partial charge in [0.25, 0.3) is 5.91 Å². The first-order valence-electron chi connectivity index (χ1n) is 10.4. The van der Waals surface area contributed by atoms with Crippen molar-refractivity contribution in [1.29, 1.82) is 0 Å². The molecular formula is C21H32F3N5O2. The summed E-state index contributed by atoms with van der Waals surface area (Å²) in [5.41, 5.74) is 5.60. The van der Waals surface area contributed by atoms with Crippen LogP contribution in [0.25, 0.3) is 0 Å². The van der Waals surface area contributed by atoms with Gasteiger partial charge in [-0.2, -0.15) is 13.2 Å². The minimum Gasteiger partial charge on any atom is -0.342 e. The molecule has 2 amide bonds. The first-order valence-corrected chi connectivity index (χ1v) is 10.4. The monoisotopic (exact) mass is 443 g/mol. The van der Waals surface area contributed by atoms with Gasteiger partial charge in [-0.25, -0.2) is 0 Å². The zero-order valence-electron chi connectivity index (χ0n) is 18.2. The summed E-state index contributed by atoms with van der Waals surface area (Å²) in [5.74, 6) is -0.776. The largest absolute Gasteiger partial charge is 0.407 e. The van der Waals surface area contributed by atoms with Crippen LogP contribution in [0, 0.1) is 5.92 Å². The number of nitrogens with two attached hydrogens (primary N) is 1. The third kappa shape index (κ3) is 7.19. The van der Waals surface area contributed by atoms with Crippen LogP contribution in [0.3, 0.4) is 0 Å². The van der Waals surface area contributed by atoms with E-state index in [2.05, 4.69) is 15.5 Å². The first-order chi connectivity index (χ1) is 14.5. The van der Waals surface area contributed by atoms with Crippen molar-refractivity contribution in [2.24, 2.45) is 11.7 Å². The number of nitrogens with one attached hydrogen (secondary N) is 2. The molecule has 2 rings (SSSR count). The number of halogens is 3. The number of nitrogens with zero attached hydrogens (tertiary/aromatic N) is 2. The predicted molar refractivity (Wildman–Crippen MR) is 112 cm³/mol. The number of rotatable bonds is 8. The van der Waals surface area contributed by atoms with E-state index in [9.17, 15) is 22.8 Å². The molecule has 10 heteroatoms. The van der Waals surface area contributed by atoms with E-state index < -0.39 is 24.2 Å². The molecule has 1 heterocycles. The fourth-order valence-electron chi connectivity index (χ4n) is 3.54. The molecule has 1 aromatic rings. The summed E-state index contributed by atoms with van der Waals surface area (Å²) >= 11 is 0. The zero-order chi connectivity index (χ0) is 23.2. The van der Waals surface area contributed by atoms with Crippen molar-refractivity contribution in [2.45, 2.75) is 38.5 Å². The summed E-state index contributed by atoms with van der Waals surface area (Å²) in [6, 6.07) is 2.31. The lowest BCUT2D eigenvalue weighted by Gasteiger charge is -2.32. The lowest BCUT2D eigenvalue weighted by atomic mass is 9.98. The van der Waals surface area contributed by atoms with Gasteiger partial charge in [0.05, 0.1) is 12.7 Å². The van der Waals surface area contributed by atoms with Gasteiger partial charge in [-0.1, -0.05) is 26.0 Å². The third-order valence-electron chi connectivity index (χ3n) is 5.28. The van der Waals surface area contributed by atoms with Crippen molar-refractivity contribution < 1.29 is 22.8 Å². The average molecular weight is 444 g/mol. The molecule has 0 radical (unpaired) electrons. The Labute approximate surface area is 181 Å². The number of likely N-dealkylation sites (N-methyl/N-ethyl adjacent to an activating group) is 1. The van der Waals surface area contributed by atoms with Crippen LogP contribution >= 0.6 is 0 Å². The highest BCUT2D eigenvalue weighted by Gasteiger charge is 2.43. The van der Waals surface area contributed by atoms with Gasteiger partial charge in [0.2, 0.25) is 5.91 Å². The van der Waals surface area contributed by atoms with E-state index in [1.807, 2.05) is 20.9 Å². The maximum absolute atomic E-state index is 13.8. The number of piperazine rings is 1. The molecule has 7 nitrogen and oxygen atoms in total. The SMILES string of the molecule is CC(C)C[C@H](NC(c1ccc(C(=O)N2CCN(C)CC2)cc1)C(F)(F)F)C(=O)NCN. The number of benzene rings is 1. The van der Waals surface area contributed by atoms with Gasteiger partial charge >= 0.3 is 6.18 Å². The molecule has 0 saturated carbocycles. The molecule has 2 atom stereocenters. The zero-order valence-corrected chi connectivity index (χ0v) is 18.2. The van der Waals surface area contributed by atoms with Crippen molar-refractivity contribution in [3.05, 3.63) is 35.4 Å². The van der Waals surface area contributed by atoms with Gasteiger partial charge in [-0.05, 0) is 37.1 Å². The summed E-state index contributed by atoms with van der Waals surface area (Å²) in [6.45, 7) is 6.16. The molecule has 1 aliphatic rings. The number of amides is 2. The van der Waals surface area contributed by atoms with Gasteiger partial charge in [0.15, 0.2) is 0 Å². The minimum atomic E-state index is -4.62. The second-order valence-corrected chi connectivity index (χ2v) is 8.29. The predicted octanol–water partition coefficient (Wildman–Crippen LogP) is 1.71. The molecule has 31 heavy (non-hydrogen) atoms. The summed E-state index contributed by atoms with van der Waals surface area (Å²) in [7, 11) is 1.97. The van der Waals surface area contributed by atoms with Gasteiger partial charge in [-0.3, -0.25) is 14.9 Å². The molecule has 0 spiro atoms. The molecule has 1 saturated heterocycles. The summed E-state index contributed by atoms with van der Waals surface area (Å²) < 4.78 is 41.5. The van der Waals surface area contributed by atoms with Crippen molar-refractivity contribution >= 4 is 11.8 Å². The summed E-state index contributed by atoms with van der Waals surface area (Å²) in [5, 5.41) is 4.83. The van der Waals surface area contributed by atoms with Crippen LogP contribution in [-0.2, 0) is 4.79 Å². The molecule has 174 valence electrons. The molecule has 1 aliphatic heterocycles. The standard InChI is InChI=1S/C21H32F3N5O2/c1-14(2)12-17(19(30)26-13-25)27-18(21(22,23)24)15-4-6-16(7-5-15)20(31)29-10-8-28(3)9-11-29/h4-7,14,17-18,27H,8-13,25H2,1-3H3,(H,26,30)/t17-,18?/m0/s1. The van der Waals surface area contributed by atoms with Gasteiger partial charge in [0.1, 0.15) is 6.04 Å². The normalized spacial score (nSPS) is 17.5. The lowest BCUT2D eigenvalue weighted by Crippen LogP contribution is -2.50. The molecule has 0 bridgehead atoms. The van der Waals surface area contributed by atoms with E-state index in [4.69, 9.17) is 5.73 Å². The van der Waals surface area contributed by atoms with Gasteiger partial charge in [-0.15, -0.1) is 0 Å². The lowest BCUT2D eigenvalue weighted by molar-refractivity contribution is -0.161.